The first-order valence-corrected chi connectivity index (χ1v) is 8.74. The maximum atomic E-state index is 13.0. The number of carbonyl (C=O) groups excluding carboxylic acids is 2. The second kappa shape index (κ2) is 6.88. The molecule has 1 aromatic heterocycles. The van der Waals surface area contributed by atoms with Gasteiger partial charge in [-0.25, -0.2) is 9.18 Å². The van der Waals surface area contributed by atoms with Crippen LogP contribution in [0.3, 0.4) is 0 Å². The van der Waals surface area contributed by atoms with Gasteiger partial charge in [-0.2, -0.15) is 4.98 Å². The summed E-state index contributed by atoms with van der Waals surface area (Å²) in [6.45, 7) is 3.50. The Morgan fingerprint density at radius 1 is 1.07 bits per heavy atom. The second-order valence-electron chi connectivity index (χ2n) is 6.61. The fourth-order valence-electron chi connectivity index (χ4n) is 3.08. The summed E-state index contributed by atoms with van der Waals surface area (Å²) < 4.78 is 18.2. The molecule has 1 atom stereocenters. The first-order valence-electron chi connectivity index (χ1n) is 8.74. The van der Waals surface area contributed by atoms with E-state index in [0.29, 0.717) is 11.3 Å². The number of aromatic nitrogens is 2. The normalized spacial score (nSPS) is 16.9. The average molecular weight is 380 g/mol. The molecule has 1 saturated heterocycles. The molecule has 142 valence electrons. The molecular formula is C20H17FN4O3. The van der Waals surface area contributed by atoms with Gasteiger partial charge in [-0.05, 0) is 50.2 Å². The van der Waals surface area contributed by atoms with E-state index in [9.17, 15) is 14.0 Å². The van der Waals surface area contributed by atoms with Gasteiger partial charge >= 0.3 is 6.03 Å². The van der Waals surface area contributed by atoms with Crippen LogP contribution in [0.25, 0.3) is 11.4 Å². The lowest BCUT2D eigenvalue weighted by molar-refractivity contribution is -0.127. The predicted octanol–water partition coefficient (Wildman–Crippen LogP) is 3.54. The van der Waals surface area contributed by atoms with E-state index < -0.39 is 12.1 Å². The van der Waals surface area contributed by atoms with Crippen LogP contribution in [-0.2, 0) is 11.3 Å². The van der Waals surface area contributed by atoms with Crippen molar-refractivity contribution < 1.29 is 18.5 Å². The van der Waals surface area contributed by atoms with Gasteiger partial charge in [0, 0.05) is 11.3 Å². The highest BCUT2D eigenvalue weighted by Crippen LogP contribution is 2.27. The molecule has 3 aromatic rings. The van der Waals surface area contributed by atoms with E-state index in [1.165, 1.54) is 29.2 Å². The second-order valence-corrected chi connectivity index (χ2v) is 6.61. The van der Waals surface area contributed by atoms with Crippen LogP contribution < -0.4 is 4.90 Å². The number of amides is 3. The number of nitrogens with zero attached hydrogens (tertiary/aromatic N) is 4. The van der Waals surface area contributed by atoms with Crippen molar-refractivity contribution in [3.63, 3.8) is 0 Å². The minimum Gasteiger partial charge on any atom is -0.337 e. The summed E-state index contributed by atoms with van der Waals surface area (Å²) in [5.74, 6) is -0.325. The summed E-state index contributed by atoms with van der Waals surface area (Å²) in [6, 6.07) is 11.9. The number of hydrogen-bond donors (Lipinski definition) is 0. The van der Waals surface area contributed by atoms with Crippen LogP contribution in [0, 0.1) is 12.7 Å². The Morgan fingerprint density at radius 3 is 2.43 bits per heavy atom. The third kappa shape index (κ3) is 3.13. The van der Waals surface area contributed by atoms with Gasteiger partial charge in [-0.3, -0.25) is 14.6 Å². The lowest BCUT2D eigenvalue weighted by Crippen LogP contribution is -2.33. The van der Waals surface area contributed by atoms with Gasteiger partial charge in [0.05, 0.1) is 0 Å². The van der Waals surface area contributed by atoms with Gasteiger partial charge in [0.2, 0.25) is 11.7 Å². The molecule has 1 aliphatic rings. The monoisotopic (exact) mass is 380 g/mol. The minimum absolute atomic E-state index is 0.124. The van der Waals surface area contributed by atoms with Crippen LogP contribution in [0.4, 0.5) is 14.9 Å². The van der Waals surface area contributed by atoms with Crippen molar-refractivity contribution in [2.75, 3.05) is 4.90 Å². The molecule has 0 saturated carbocycles. The van der Waals surface area contributed by atoms with E-state index in [1.807, 2.05) is 19.1 Å². The van der Waals surface area contributed by atoms with E-state index in [1.54, 1.807) is 19.1 Å². The number of anilines is 1. The predicted molar refractivity (Wildman–Crippen MR) is 98.8 cm³/mol. The third-order valence-electron chi connectivity index (χ3n) is 4.62. The molecule has 0 spiro atoms. The number of carbonyl (C=O) groups is 2. The number of rotatable bonds is 4. The lowest BCUT2D eigenvalue weighted by Gasteiger charge is -2.19. The Labute approximate surface area is 160 Å². The number of imide groups is 1. The molecule has 2 heterocycles. The summed E-state index contributed by atoms with van der Waals surface area (Å²) in [5, 5.41) is 3.84. The standard InChI is InChI=1S/C20H17FN4O3/c1-12-3-9-16(10-4-12)25-13(2)19(26)24(20(25)27)11-17-22-18(23-28-17)14-5-7-15(21)8-6-14/h3-10,13H,11H2,1-2H3/t13-/m0/s1. The van der Waals surface area contributed by atoms with E-state index in [2.05, 4.69) is 10.1 Å². The molecule has 28 heavy (non-hydrogen) atoms. The number of hydrogen-bond acceptors (Lipinski definition) is 5. The number of urea groups is 1. The molecule has 8 heteroatoms. The smallest absolute Gasteiger partial charge is 0.332 e. The van der Waals surface area contributed by atoms with E-state index in [0.717, 1.165) is 10.5 Å². The molecular weight excluding hydrogens is 363 g/mol. The van der Waals surface area contributed by atoms with Crippen molar-refractivity contribution in [2.24, 2.45) is 0 Å². The van der Waals surface area contributed by atoms with E-state index in [4.69, 9.17) is 4.52 Å². The molecule has 0 radical (unpaired) electrons. The Morgan fingerprint density at radius 2 is 1.75 bits per heavy atom. The summed E-state index contributed by atoms with van der Waals surface area (Å²) >= 11 is 0. The van der Waals surface area contributed by atoms with Gasteiger partial charge in [0.15, 0.2) is 0 Å². The Kier molecular flexibility index (Phi) is 4.38. The number of aryl methyl sites for hydroxylation is 1. The van der Waals surface area contributed by atoms with Crippen molar-refractivity contribution >= 4 is 17.6 Å². The maximum absolute atomic E-state index is 13.0. The number of benzene rings is 2. The molecule has 2 aromatic carbocycles. The highest BCUT2D eigenvalue weighted by Gasteiger charge is 2.44. The van der Waals surface area contributed by atoms with Gasteiger partial charge < -0.3 is 4.52 Å². The summed E-state index contributed by atoms with van der Waals surface area (Å²) in [7, 11) is 0. The average Bonchev–Trinajstić information content (AvgIpc) is 3.23. The Bertz CT molecular complexity index is 1030. The topological polar surface area (TPSA) is 79.5 Å². The molecule has 3 amide bonds. The van der Waals surface area contributed by atoms with Crippen molar-refractivity contribution in [1.29, 1.82) is 0 Å². The van der Waals surface area contributed by atoms with Gasteiger partial charge in [-0.15, -0.1) is 0 Å². The van der Waals surface area contributed by atoms with Gasteiger partial charge in [-0.1, -0.05) is 22.9 Å². The van der Waals surface area contributed by atoms with Crippen molar-refractivity contribution in [1.82, 2.24) is 15.0 Å². The molecule has 1 aliphatic heterocycles. The number of halogens is 1. The van der Waals surface area contributed by atoms with Crippen molar-refractivity contribution in [3.05, 3.63) is 65.8 Å². The largest absolute Gasteiger partial charge is 0.337 e. The first kappa shape index (κ1) is 17.8. The van der Waals surface area contributed by atoms with Crippen LogP contribution in [0.1, 0.15) is 18.4 Å². The lowest BCUT2D eigenvalue weighted by atomic mass is 10.2. The van der Waals surface area contributed by atoms with Crippen LogP contribution in [-0.4, -0.2) is 33.0 Å². The minimum atomic E-state index is -0.630. The van der Waals surface area contributed by atoms with Crippen LogP contribution >= 0.6 is 0 Å². The van der Waals surface area contributed by atoms with Crippen LogP contribution in [0.5, 0.6) is 0 Å². The fourth-order valence-corrected chi connectivity index (χ4v) is 3.08. The molecule has 0 unspecified atom stereocenters. The molecule has 1 fully saturated rings. The summed E-state index contributed by atoms with van der Waals surface area (Å²) in [4.78, 5) is 32.2. The quantitative estimate of drug-likeness (QED) is 0.647. The molecule has 0 bridgehead atoms. The molecule has 0 N–H and O–H groups in total. The molecule has 4 rings (SSSR count). The highest BCUT2D eigenvalue weighted by molar-refractivity contribution is 6.13. The zero-order chi connectivity index (χ0) is 19.8. The SMILES string of the molecule is Cc1ccc(N2C(=O)N(Cc3nc(-c4ccc(F)cc4)no3)C(=O)[C@@H]2C)cc1. The first-order chi connectivity index (χ1) is 13.4. The summed E-state index contributed by atoms with van der Waals surface area (Å²) in [6.07, 6.45) is 0. The molecule has 7 nitrogen and oxygen atoms in total. The fraction of sp³-hybridized carbons (Fsp3) is 0.200. The zero-order valence-corrected chi connectivity index (χ0v) is 15.3. The van der Waals surface area contributed by atoms with Crippen molar-refractivity contribution in [2.45, 2.75) is 26.4 Å². The molecule has 0 aliphatic carbocycles. The van der Waals surface area contributed by atoms with Gasteiger partial charge in [0.1, 0.15) is 18.4 Å². The van der Waals surface area contributed by atoms with E-state index >= 15 is 0 Å². The van der Waals surface area contributed by atoms with Crippen LogP contribution in [0.2, 0.25) is 0 Å². The summed E-state index contributed by atoms with van der Waals surface area (Å²) in [5.41, 5.74) is 2.28. The van der Waals surface area contributed by atoms with Crippen LogP contribution in [0.15, 0.2) is 53.1 Å². The Balaban J connectivity index is 1.55. The van der Waals surface area contributed by atoms with Crippen molar-refractivity contribution in [3.8, 4) is 11.4 Å². The zero-order valence-electron chi connectivity index (χ0n) is 15.3. The highest BCUT2D eigenvalue weighted by atomic mass is 19.1. The Hall–Kier alpha value is -3.55. The van der Waals surface area contributed by atoms with Gasteiger partial charge in [0.25, 0.3) is 5.91 Å². The maximum Gasteiger partial charge on any atom is 0.332 e. The van der Waals surface area contributed by atoms with E-state index in [-0.39, 0.29) is 30.0 Å². The third-order valence-corrected chi connectivity index (χ3v) is 4.62.